The molecule has 0 atom stereocenters. The number of nitrogens with zero attached hydrogens (tertiary/aromatic N) is 3. The van der Waals surface area contributed by atoms with Gasteiger partial charge in [-0.3, -0.25) is 0 Å². The van der Waals surface area contributed by atoms with Crippen LogP contribution in [0.5, 0.6) is 0 Å². The Hall–Kier alpha value is -2.29. The van der Waals surface area contributed by atoms with E-state index in [0.29, 0.717) is 5.69 Å². The molecule has 104 valence electrons. The lowest BCUT2D eigenvalue weighted by atomic mass is 10.3. The molecule has 3 N–H and O–H groups in total. The highest BCUT2D eigenvalue weighted by molar-refractivity contribution is 7.80. The Kier molecular flexibility index (Phi) is 3.79. The van der Waals surface area contributed by atoms with Crippen molar-refractivity contribution in [3.05, 3.63) is 42.1 Å². The van der Waals surface area contributed by atoms with Crippen molar-refractivity contribution in [1.82, 2.24) is 15.0 Å². The van der Waals surface area contributed by atoms with Gasteiger partial charge in [-0.25, -0.2) is 15.0 Å². The average molecular weight is 299 g/mol. The molecule has 2 rings (SSSR count). The third-order valence-electron chi connectivity index (χ3n) is 2.25. The van der Waals surface area contributed by atoms with E-state index in [9.17, 15) is 13.2 Å². The van der Waals surface area contributed by atoms with Gasteiger partial charge < -0.3 is 11.1 Å². The Morgan fingerprint density at radius 1 is 1.15 bits per heavy atom. The molecule has 2 aromatic heterocycles. The molecule has 0 fully saturated rings. The van der Waals surface area contributed by atoms with Gasteiger partial charge in [0.1, 0.15) is 16.4 Å². The predicted molar refractivity (Wildman–Crippen MR) is 70.4 cm³/mol. The molecule has 2 heterocycles. The molecule has 0 aromatic carbocycles. The quantitative estimate of drug-likeness (QED) is 0.847. The second kappa shape index (κ2) is 5.37. The summed E-state index contributed by atoms with van der Waals surface area (Å²) in [7, 11) is 0. The first-order chi connectivity index (χ1) is 9.38. The Bertz CT molecular complexity index is 627. The van der Waals surface area contributed by atoms with Gasteiger partial charge in [-0.05, 0) is 12.1 Å². The van der Waals surface area contributed by atoms with Crippen molar-refractivity contribution < 1.29 is 13.2 Å². The lowest BCUT2D eigenvalue weighted by Gasteiger charge is -2.10. The number of hydrogen-bond acceptors (Lipinski definition) is 5. The molecule has 20 heavy (non-hydrogen) atoms. The van der Waals surface area contributed by atoms with Crippen LogP contribution in [0.3, 0.4) is 0 Å². The predicted octanol–water partition coefficient (Wildman–Crippen LogP) is 2.27. The van der Waals surface area contributed by atoms with Gasteiger partial charge in [0.2, 0.25) is 0 Å². The van der Waals surface area contributed by atoms with Crippen molar-refractivity contribution in [2.45, 2.75) is 6.18 Å². The van der Waals surface area contributed by atoms with E-state index in [1.54, 1.807) is 0 Å². The maximum atomic E-state index is 12.4. The van der Waals surface area contributed by atoms with Gasteiger partial charge in [0.15, 0.2) is 5.82 Å². The van der Waals surface area contributed by atoms with Gasteiger partial charge >= 0.3 is 6.18 Å². The van der Waals surface area contributed by atoms with Crippen LogP contribution in [0.2, 0.25) is 0 Å². The maximum absolute atomic E-state index is 12.4. The van der Waals surface area contributed by atoms with Crippen molar-refractivity contribution in [3.63, 3.8) is 0 Å². The number of hydrogen-bond donors (Lipinski definition) is 2. The number of halogens is 3. The van der Waals surface area contributed by atoms with E-state index >= 15 is 0 Å². The minimum Gasteiger partial charge on any atom is -0.388 e. The zero-order chi connectivity index (χ0) is 14.8. The molecular weight excluding hydrogens is 291 g/mol. The van der Waals surface area contributed by atoms with Crippen LogP contribution in [-0.2, 0) is 6.18 Å². The summed E-state index contributed by atoms with van der Waals surface area (Å²) in [6, 6.07) is 2.09. The van der Waals surface area contributed by atoms with Crippen LogP contribution in [0.4, 0.5) is 24.7 Å². The summed E-state index contributed by atoms with van der Waals surface area (Å²) in [4.78, 5) is 11.3. The van der Waals surface area contributed by atoms with E-state index < -0.39 is 11.9 Å². The van der Waals surface area contributed by atoms with Gasteiger partial charge in [-0.1, -0.05) is 12.2 Å². The smallest absolute Gasteiger partial charge is 0.388 e. The van der Waals surface area contributed by atoms with E-state index in [0.717, 1.165) is 12.3 Å². The number of rotatable bonds is 3. The molecule has 2 aromatic rings. The van der Waals surface area contributed by atoms with Gasteiger partial charge in [0, 0.05) is 12.4 Å². The Morgan fingerprint density at radius 3 is 2.40 bits per heavy atom. The SMILES string of the molecule is NC(=S)c1nccnc1Nc1ccc(C(F)(F)F)nc1. The fourth-order valence-corrected chi connectivity index (χ4v) is 1.53. The molecular formula is C11H8F3N5S. The van der Waals surface area contributed by atoms with E-state index in [4.69, 9.17) is 18.0 Å². The highest BCUT2D eigenvalue weighted by Gasteiger charge is 2.32. The van der Waals surface area contributed by atoms with Gasteiger partial charge in [0.05, 0.1) is 11.9 Å². The van der Waals surface area contributed by atoms with Crippen LogP contribution in [0, 0.1) is 0 Å². The monoisotopic (exact) mass is 299 g/mol. The molecule has 9 heteroatoms. The lowest BCUT2D eigenvalue weighted by molar-refractivity contribution is -0.141. The number of nitrogens with one attached hydrogen (secondary N) is 1. The van der Waals surface area contributed by atoms with Crippen molar-refractivity contribution in [1.29, 1.82) is 0 Å². The molecule has 0 spiro atoms. The fraction of sp³-hybridized carbons (Fsp3) is 0.0909. The van der Waals surface area contributed by atoms with Crippen LogP contribution in [0.1, 0.15) is 11.4 Å². The third-order valence-corrected chi connectivity index (χ3v) is 2.44. The third kappa shape index (κ3) is 3.18. The van der Waals surface area contributed by atoms with Gasteiger partial charge in [-0.2, -0.15) is 13.2 Å². The summed E-state index contributed by atoms with van der Waals surface area (Å²) in [6.45, 7) is 0. The summed E-state index contributed by atoms with van der Waals surface area (Å²) in [6.07, 6.45) is -0.623. The van der Waals surface area contributed by atoms with E-state index in [1.807, 2.05) is 0 Å². The second-order valence-corrected chi connectivity index (χ2v) is 4.11. The van der Waals surface area contributed by atoms with E-state index in [-0.39, 0.29) is 16.5 Å². The average Bonchev–Trinajstić information content (AvgIpc) is 2.38. The van der Waals surface area contributed by atoms with Gasteiger partial charge in [-0.15, -0.1) is 0 Å². The molecule has 0 bridgehead atoms. The van der Waals surface area contributed by atoms with Crippen molar-refractivity contribution in [3.8, 4) is 0 Å². The maximum Gasteiger partial charge on any atom is 0.433 e. The molecule has 0 saturated heterocycles. The second-order valence-electron chi connectivity index (χ2n) is 3.67. The minimum atomic E-state index is -4.48. The molecule has 5 nitrogen and oxygen atoms in total. The van der Waals surface area contributed by atoms with Crippen molar-refractivity contribution in [2.75, 3.05) is 5.32 Å². The zero-order valence-corrected chi connectivity index (χ0v) is 10.7. The van der Waals surface area contributed by atoms with Crippen LogP contribution in [0.25, 0.3) is 0 Å². The first-order valence-corrected chi connectivity index (χ1v) is 5.70. The minimum absolute atomic E-state index is 0.0282. The van der Waals surface area contributed by atoms with Crippen LogP contribution in [0.15, 0.2) is 30.7 Å². The van der Waals surface area contributed by atoms with Crippen molar-refractivity contribution >= 4 is 28.7 Å². The summed E-state index contributed by atoms with van der Waals surface area (Å²) < 4.78 is 37.1. The molecule has 0 aliphatic rings. The van der Waals surface area contributed by atoms with Crippen LogP contribution >= 0.6 is 12.2 Å². The topological polar surface area (TPSA) is 76.7 Å². The molecule has 0 radical (unpaired) electrons. The zero-order valence-electron chi connectivity index (χ0n) is 9.85. The number of pyridine rings is 1. The fourth-order valence-electron chi connectivity index (χ4n) is 1.38. The van der Waals surface area contributed by atoms with E-state index in [2.05, 4.69) is 20.3 Å². The largest absolute Gasteiger partial charge is 0.433 e. The summed E-state index contributed by atoms with van der Waals surface area (Å²) in [5.74, 6) is 0.251. The molecule has 0 unspecified atom stereocenters. The Labute approximate surface area is 117 Å². The number of aromatic nitrogens is 3. The Morgan fingerprint density at radius 2 is 1.85 bits per heavy atom. The van der Waals surface area contributed by atoms with Gasteiger partial charge in [0.25, 0.3) is 0 Å². The lowest BCUT2D eigenvalue weighted by Crippen LogP contribution is -2.15. The normalized spacial score (nSPS) is 11.2. The molecule has 0 amide bonds. The summed E-state index contributed by atoms with van der Waals surface area (Å²) >= 11 is 4.81. The summed E-state index contributed by atoms with van der Waals surface area (Å²) in [5, 5.41) is 2.76. The molecule has 0 aliphatic carbocycles. The summed E-state index contributed by atoms with van der Waals surface area (Å²) in [5.41, 5.74) is 5.07. The first kappa shape index (κ1) is 14.1. The number of thiocarbonyl (C=S) groups is 1. The standard InChI is InChI=1S/C11H8F3N5S/c12-11(13,14)7-2-1-6(5-18-7)19-10-8(9(15)20)16-3-4-17-10/h1-5H,(H2,15,20)(H,17,19). The molecule has 0 saturated carbocycles. The molecule has 0 aliphatic heterocycles. The van der Waals surface area contributed by atoms with Crippen LogP contribution in [-0.4, -0.2) is 19.9 Å². The van der Waals surface area contributed by atoms with Crippen molar-refractivity contribution in [2.24, 2.45) is 5.73 Å². The highest BCUT2D eigenvalue weighted by atomic mass is 32.1. The Balaban J connectivity index is 2.25. The number of anilines is 2. The van der Waals surface area contributed by atoms with Crippen LogP contribution < -0.4 is 11.1 Å². The van der Waals surface area contributed by atoms with E-state index in [1.165, 1.54) is 18.5 Å². The number of nitrogens with two attached hydrogens (primary N) is 1. The number of alkyl halides is 3. The first-order valence-electron chi connectivity index (χ1n) is 5.29. The highest BCUT2D eigenvalue weighted by Crippen LogP contribution is 2.28.